The van der Waals surface area contributed by atoms with Crippen LogP contribution in [0.2, 0.25) is 0 Å². The summed E-state index contributed by atoms with van der Waals surface area (Å²) in [6.45, 7) is 0. The van der Waals surface area contributed by atoms with Gasteiger partial charge in [0.05, 0.1) is 11.4 Å². The smallest absolute Gasteiger partial charge is 0.160 e. The molecule has 0 saturated heterocycles. The van der Waals surface area contributed by atoms with E-state index in [0.717, 1.165) is 50.0 Å². The molecule has 0 aliphatic carbocycles. The molecule has 9 rings (SSSR count). The van der Waals surface area contributed by atoms with Gasteiger partial charge in [-0.1, -0.05) is 84.9 Å². The molecular weight excluding hydrogens is 532 g/mol. The second-order valence-corrected chi connectivity index (χ2v) is 11.7. The molecule has 4 heteroatoms. The van der Waals surface area contributed by atoms with Gasteiger partial charge in [-0.25, -0.2) is 9.97 Å². The fraction of sp³-hybridized carbons (Fsp3) is 0. The molecule has 9 aromatic rings. The lowest BCUT2D eigenvalue weighted by atomic mass is 10.0. The molecule has 42 heavy (non-hydrogen) atoms. The fourth-order valence-electron chi connectivity index (χ4n) is 6.06. The van der Waals surface area contributed by atoms with Crippen LogP contribution in [-0.4, -0.2) is 9.97 Å². The third kappa shape index (κ3) is 3.66. The second kappa shape index (κ2) is 9.10. The van der Waals surface area contributed by atoms with E-state index in [1.807, 2.05) is 23.5 Å². The van der Waals surface area contributed by atoms with Crippen LogP contribution in [0, 0.1) is 0 Å². The van der Waals surface area contributed by atoms with Crippen molar-refractivity contribution in [1.29, 1.82) is 0 Å². The van der Waals surface area contributed by atoms with Crippen molar-refractivity contribution in [3.63, 3.8) is 0 Å². The normalized spacial score (nSPS) is 11.8. The minimum absolute atomic E-state index is 0.694. The van der Waals surface area contributed by atoms with E-state index in [2.05, 4.69) is 121 Å². The van der Waals surface area contributed by atoms with Gasteiger partial charge in [-0.2, -0.15) is 0 Å². The number of hydrogen-bond donors (Lipinski definition) is 0. The highest BCUT2D eigenvalue weighted by molar-refractivity contribution is 7.25. The van der Waals surface area contributed by atoms with Gasteiger partial charge in [0.2, 0.25) is 0 Å². The minimum atomic E-state index is 0.694. The van der Waals surface area contributed by atoms with E-state index >= 15 is 0 Å². The highest BCUT2D eigenvalue weighted by Crippen LogP contribution is 2.41. The molecule has 0 amide bonds. The van der Waals surface area contributed by atoms with E-state index in [-0.39, 0.29) is 0 Å². The Bertz CT molecular complexity index is 2470. The van der Waals surface area contributed by atoms with Crippen molar-refractivity contribution in [3.8, 4) is 33.9 Å². The standard InChI is InChI=1S/C38H22N2OS/c1-2-9-23(10-3-1)31-22-32(27-14-8-16-36-37(27)28-13-6-7-15-35(28)42-36)40-38(39-31)26-17-18-33-29(20-26)30-19-24-11-4-5-12-25(24)21-34(30)41-33/h1-22H. The van der Waals surface area contributed by atoms with Crippen molar-refractivity contribution in [3.05, 3.63) is 133 Å². The summed E-state index contributed by atoms with van der Waals surface area (Å²) in [6.07, 6.45) is 0. The lowest BCUT2D eigenvalue weighted by Crippen LogP contribution is -1.96. The van der Waals surface area contributed by atoms with Crippen LogP contribution in [0.1, 0.15) is 0 Å². The van der Waals surface area contributed by atoms with Gasteiger partial charge in [0, 0.05) is 47.6 Å². The maximum atomic E-state index is 6.28. The zero-order chi connectivity index (χ0) is 27.6. The molecule has 0 atom stereocenters. The summed E-state index contributed by atoms with van der Waals surface area (Å²) in [5.41, 5.74) is 6.69. The molecule has 0 spiro atoms. The van der Waals surface area contributed by atoms with Gasteiger partial charge in [0.15, 0.2) is 5.82 Å². The predicted molar refractivity (Wildman–Crippen MR) is 176 cm³/mol. The summed E-state index contributed by atoms with van der Waals surface area (Å²) in [7, 11) is 0. The van der Waals surface area contributed by atoms with Crippen LogP contribution in [0.15, 0.2) is 138 Å². The molecule has 3 heterocycles. The van der Waals surface area contributed by atoms with Gasteiger partial charge in [0.1, 0.15) is 11.2 Å². The van der Waals surface area contributed by atoms with Gasteiger partial charge in [-0.3, -0.25) is 0 Å². The Balaban J connectivity index is 1.30. The van der Waals surface area contributed by atoms with Crippen LogP contribution in [0.25, 0.3) is 86.8 Å². The van der Waals surface area contributed by atoms with Gasteiger partial charge < -0.3 is 4.42 Å². The van der Waals surface area contributed by atoms with Crippen molar-refractivity contribution in [1.82, 2.24) is 9.97 Å². The van der Waals surface area contributed by atoms with Crippen LogP contribution in [0.3, 0.4) is 0 Å². The van der Waals surface area contributed by atoms with Gasteiger partial charge in [-0.15, -0.1) is 11.3 Å². The maximum absolute atomic E-state index is 6.28. The first-order chi connectivity index (χ1) is 20.8. The van der Waals surface area contributed by atoms with Crippen molar-refractivity contribution in [2.45, 2.75) is 0 Å². The Labute approximate surface area is 245 Å². The molecule has 6 aromatic carbocycles. The zero-order valence-corrected chi connectivity index (χ0v) is 23.2. The van der Waals surface area contributed by atoms with Crippen molar-refractivity contribution in [2.24, 2.45) is 0 Å². The van der Waals surface area contributed by atoms with E-state index in [9.17, 15) is 0 Å². The molecule has 3 nitrogen and oxygen atoms in total. The first kappa shape index (κ1) is 23.4. The SMILES string of the molecule is c1ccc(-c2cc(-c3cccc4sc5ccccc5c34)nc(-c3ccc4oc5cc6ccccc6cc5c4c3)n2)cc1. The minimum Gasteiger partial charge on any atom is -0.456 e. The molecule has 0 aliphatic heterocycles. The van der Waals surface area contributed by atoms with E-state index < -0.39 is 0 Å². The Morgan fingerprint density at radius 1 is 0.476 bits per heavy atom. The van der Waals surface area contributed by atoms with E-state index in [1.165, 1.54) is 30.9 Å². The second-order valence-electron chi connectivity index (χ2n) is 10.6. The van der Waals surface area contributed by atoms with E-state index in [1.54, 1.807) is 0 Å². The number of furan rings is 1. The molecule has 0 bridgehead atoms. The van der Waals surface area contributed by atoms with Crippen molar-refractivity contribution < 1.29 is 4.42 Å². The van der Waals surface area contributed by atoms with Crippen LogP contribution in [-0.2, 0) is 0 Å². The number of hydrogen-bond acceptors (Lipinski definition) is 4. The average Bonchev–Trinajstić information content (AvgIpc) is 3.61. The Kier molecular flexibility index (Phi) is 5.07. The molecule has 0 unspecified atom stereocenters. The summed E-state index contributed by atoms with van der Waals surface area (Å²) in [6, 6.07) is 46.6. The topological polar surface area (TPSA) is 38.9 Å². The van der Waals surface area contributed by atoms with Gasteiger partial charge in [-0.05, 0) is 59.3 Å². The van der Waals surface area contributed by atoms with Crippen molar-refractivity contribution in [2.75, 3.05) is 0 Å². The number of benzene rings is 6. The lowest BCUT2D eigenvalue weighted by molar-refractivity contribution is 0.669. The molecular formula is C38H22N2OS. The number of rotatable bonds is 3. The maximum Gasteiger partial charge on any atom is 0.160 e. The number of fused-ring (bicyclic) bond motifs is 7. The Morgan fingerprint density at radius 3 is 2.12 bits per heavy atom. The number of aromatic nitrogens is 2. The molecule has 0 fully saturated rings. The number of nitrogens with zero attached hydrogens (tertiary/aromatic N) is 2. The summed E-state index contributed by atoms with van der Waals surface area (Å²) in [4.78, 5) is 10.3. The predicted octanol–water partition coefficient (Wildman–Crippen LogP) is 10.9. The van der Waals surface area contributed by atoms with Crippen LogP contribution < -0.4 is 0 Å². The Morgan fingerprint density at radius 2 is 1.21 bits per heavy atom. The molecule has 3 aromatic heterocycles. The monoisotopic (exact) mass is 554 g/mol. The van der Waals surface area contributed by atoms with Gasteiger partial charge in [0.25, 0.3) is 0 Å². The third-order valence-electron chi connectivity index (χ3n) is 8.07. The largest absolute Gasteiger partial charge is 0.456 e. The molecule has 0 aliphatic rings. The summed E-state index contributed by atoms with van der Waals surface area (Å²) < 4.78 is 8.82. The first-order valence-corrected chi connectivity index (χ1v) is 14.8. The molecule has 196 valence electrons. The average molecular weight is 555 g/mol. The van der Waals surface area contributed by atoms with Crippen molar-refractivity contribution >= 4 is 64.2 Å². The molecule has 0 N–H and O–H groups in total. The number of thiophene rings is 1. The third-order valence-corrected chi connectivity index (χ3v) is 9.21. The summed E-state index contributed by atoms with van der Waals surface area (Å²) in [5, 5.41) is 7.02. The van der Waals surface area contributed by atoms with Crippen LogP contribution in [0.4, 0.5) is 0 Å². The summed E-state index contributed by atoms with van der Waals surface area (Å²) in [5.74, 6) is 0.694. The molecule has 0 saturated carbocycles. The van der Waals surface area contributed by atoms with Gasteiger partial charge >= 0.3 is 0 Å². The highest BCUT2D eigenvalue weighted by Gasteiger charge is 2.17. The molecule has 0 radical (unpaired) electrons. The van der Waals surface area contributed by atoms with Crippen LogP contribution in [0.5, 0.6) is 0 Å². The fourth-order valence-corrected chi connectivity index (χ4v) is 7.19. The quantitative estimate of drug-likeness (QED) is 0.218. The lowest BCUT2D eigenvalue weighted by Gasteiger charge is -2.11. The first-order valence-electron chi connectivity index (χ1n) is 14.0. The highest BCUT2D eigenvalue weighted by atomic mass is 32.1. The zero-order valence-electron chi connectivity index (χ0n) is 22.4. The Hall–Kier alpha value is -5.32. The van der Waals surface area contributed by atoms with E-state index in [4.69, 9.17) is 14.4 Å². The summed E-state index contributed by atoms with van der Waals surface area (Å²) >= 11 is 1.82. The van der Waals surface area contributed by atoms with E-state index in [0.29, 0.717) is 5.82 Å². The van der Waals surface area contributed by atoms with Crippen LogP contribution >= 0.6 is 11.3 Å².